The quantitative estimate of drug-likeness (QED) is 0.394. The molecule has 0 saturated heterocycles. The molecule has 0 spiro atoms. The molecule has 0 aliphatic rings. The highest BCUT2D eigenvalue weighted by molar-refractivity contribution is 5.95. The third-order valence-electron chi connectivity index (χ3n) is 0.523. The van der Waals surface area contributed by atoms with E-state index in [1.54, 1.807) is 6.01 Å². The lowest BCUT2D eigenvalue weighted by molar-refractivity contribution is -0.114. The molecule has 0 fully saturated rings. The second kappa shape index (κ2) is 2.88. The molecule has 0 unspecified atom stereocenters. The molecule has 0 saturated carbocycles. The van der Waals surface area contributed by atoms with E-state index in [4.69, 9.17) is 5.41 Å². The molecule has 3 nitrogen and oxygen atoms in total. The number of nitrogens with zero attached hydrogens (tertiary/aromatic N) is 1. The first-order chi connectivity index (χ1) is 3.68. The largest absolute Gasteiger partial charge is 0.281 e. The van der Waals surface area contributed by atoms with E-state index in [0.717, 1.165) is 0 Å². The predicted molar refractivity (Wildman–Crippen MR) is 30.0 cm³/mol. The molecule has 0 aromatic rings. The van der Waals surface area contributed by atoms with Gasteiger partial charge in [-0.1, -0.05) is 6.58 Å². The monoisotopic (exact) mass is 110 g/mol. The SMILES string of the molecule is C=C(C)C(=O)N=C=N. The molecule has 0 aromatic carbocycles. The number of carbonyl (C=O) groups excluding carboxylic acids is 1. The van der Waals surface area contributed by atoms with Gasteiger partial charge in [-0.15, -0.1) is 4.99 Å². The molecule has 0 bridgehead atoms. The van der Waals surface area contributed by atoms with Gasteiger partial charge >= 0.3 is 0 Å². The van der Waals surface area contributed by atoms with Crippen LogP contribution in [0.1, 0.15) is 6.92 Å². The van der Waals surface area contributed by atoms with E-state index >= 15 is 0 Å². The van der Waals surface area contributed by atoms with Crippen molar-refractivity contribution in [2.45, 2.75) is 6.92 Å². The van der Waals surface area contributed by atoms with Crippen LogP contribution in [0.25, 0.3) is 0 Å². The van der Waals surface area contributed by atoms with Crippen LogP contribution >= 0.6 is 0 Å². The Balaban J connectivity index is 4.05. The van der Waals surface area contributed by atoms with Crippen molar-refractivity contribution in [1.82, 2.24) is 0 Å². The van der Waals surface area contributed by atoms with E-state index in [9.17, 15) is 4.79 Å². The Morgan fingerprint density at radius 3 is 2.50 bits per heavy atom. The Kier molecular flexibility index (Phi) is 2.45. The van der Waals surface area contributed by atoms with Crippen molar-refractivity contribution < 1.29 is 4.79 Å². The summed E-state index contributed by atoms with van der Waals surface area (Å²) in [7, 11) is 0. The number of hydrogen-bond acceptors (Lipinski definition) is 2. The normalized spacial score (nSPS) is 7.12. The van der Waals surface area contributed by atoms with E-state index in [2.05, 4.69) is 11.6 Å². The van der Waals surface area contributed by atoms with Crippen LogP contribution in [0.2, 0.25) is 0 Å². The van der Waals surface area contributed by atoms with Crippen LogP contribution < -0.4 is 0 Å². The lowest BCUT2D eigenvalue weighted by Crippen LogP contribution is -1.90. The zero-order valence-corrected chi connectivity index (χ0v) is 4.56. The summed E-state index contributed by atoms with van der Waals surface area (Å²) < 4.78 is 0. The smallest absolute Gasteiger partial charge is 0.266 e. The Labute approximate surface area is 47.3 Å². The topological polar surface area (TPSA) is 53.3 Å². The highest BCUT2D eigenvalue weighted by Gasteiger charge is 1.93. The Bertz CT molecular complexity index is 161. The van der Waals surface area contributed by atoms with Gasteiger partial charge in [0.25, 0.3) is 5.91 Å². The van der Waals surface area contributed by atoms with Crippen LogP contribution in [0.3, 0.4) is 0 Å². The van der Waals surface area contributed by atoms with Crippen LogP contribution in [0.5, 0.6) is 0 Å². The zero-order chi connectivity index (χ0) is 6.57. The average molecular weight is 110 g/mol. The van der Waals surface area contributed by atoms with Crippen molar-refractivity contribution in [2.75, 3.05) is 0 Å². The second-order valence-electron chi connectivity index (χ2n) is 1.31. The molecule has 0 heterocycles. The summed E-state index contributed by atoms with van der Waals surface area (Å²) in [6, 6.07) is 1.61. The fourth-order valence-corrected chi connectivity index (χ4v) is 0.146. The first kappa shape index (κ1) is 6.79. The van der Waals surface area contributed by atoms with Crippen LogP contribution in [-0.2, 0) is 4.79 Å². The van der Waals surface area contributed by atoms with Gasteiger partial charge in [-0.05, 0) is 6.92 Å². The maximum atomic E-state index is 10.3. The third kappa shape index (κ3) is 2.05. The summed E-state index contributed by atoms with van der Waals surface area (Å²) in [5, 5.41) is 6.25. The van der Waals surface area contributed by atoms with Crippen molar-refractivity contribution in [2.24, 2.45) is 4.99 Å². The summed E-state index contributed by atoms with van der Waals surface area (Å²) in [5.74, 6) is -0.486. The highest BCUT2D eigenvalue weighted by atomic mass is 16.1. The fourth-order valence-electron chi connectivity index (χ4n) is 0.146. The molecule has 0 aliphatic carbocycles. The second-order valence-corrected chi connectivity index (χ2v) is 1.31. The fraction of sp³-hybridized carbons (Fsp3) is 0.200. The molecule has 0 radical (unpaired) electrons. The third-order valence-corrected chi connectivity index (χ3v) is 0.523. The number of nitrogens with one attached hydrogen (secondary N) is 1. The zero-order valence-electron chi connectivity index (χ0n) is 4.56. The highest BCUT2D eigenvalue weighted by Crippen LogP contribution is 1.87. The first-order valence-corrected chi connectivity index (χ1v) is 2.00. The van der Waals surface area contributed by atoms with Crippen molar-refractivity contribution in [3.8, 4) is 0 Å². The van der Waals surface area contributed by atoms with Crippen molar-refractivity contribution in [3.63, 3.8) is 0 Å². The van der Waals surface area contributed by atoms with E-state index in [1.807, 2.05) is 0 Å². The molecular weight excluding hydrogens is 104 g/mol. The number of rotatable bonds is 1. The van der Waals surface area contributed by atoms with Gasteiger partial charge in [0.1, 0.15) is 0 Å². The number of amides is 1. The summed E-state index contributed by atoms with van der Waals surface area (Å²) in [6.07, 6.45) is 0. The molecule has 0 aromatic heterocycles. The molecule has 0 atom stereocenters. The van der Waals surface area contributed by atoms with Gasteiger partial charge in [0.2, 0.25) is 0 Å². The molecule has 0 rings (SSSR count). The van der Waals surface area contributed by atoms with Crippen molar-refractivity contribution in [1.29, 1.82) is 5.41 Å². The van der Waals surface area contributed by atoms with Gasteiger partial charge in [-0.2, -0.15) is 0 Å². The standard InChI is InChI=1S/C5H6N2O/c1-4(2)5(8)7-3-6/h6H,1H2,2H3. The molecule has 1 N–H and O–H groups in total. The molecule has 3 heteroatoms. The van der Waals surface area contributed by atoms with Crippen LogP contribution in [-0.4, -0.2) is 11.9 Å². The molecule has 0 aliphatic heterocycles. The summed E-state index contributed by atoms with van der Waals surface area (Å²) >= 11 is 0. The number of hydrogen-bond donors (Lipinski definition) is 1. The van der Waals surface area contributed by atoms with Gasteiger partial charge in [-0.3, -0.25) is 4.79 Å². The molecule has 42 valence electrons. The molecule has 8 heavy (non-hydrogen) atoms. The van der Waals surface area contributed by atoms with Crippen LogP contribution in [0.4, 0.5) is 0 Å². The number of aliphatic imine (C=N–C) groups is 1. The van der Waals surface area contributed by atoms with E-state index in [0.29, 0.717) is 5.57 Å². The van der Waals surface area contributed by atoms with Crippen LogP contribution in [0, 0.1) is 5.41 Å². The van der Waals surface area contributed by atoms with Gasteiger partial charge in [-0.25, -0.2) is 5.41 Å². The minimum absolute atomic E-state index is 0.324. The lowest BCUT2D eigenvalue weighted by atomic mass is 10.3. The van der Waals surface area contributed by atoms with Gasteiger partial charge < -0.3 is 0 Å². The van der Waals surface area contributed by atoms with E-state index < -0.39 is 5.91 Å². The minimum atomic E-state index is -0.486. The lowest BCUT2D eigenvalue weighted by Gasteiger charge is -1.81. The Hall–Kier alpha value is -1.21. The minimum Gasteiger partial charge on any atom is -0.266 e. The summed E-state index contributed by atoms with van der Waals surface area (Å²) in [4.78, 5) is 13.3. The first-order valence-electron chi connectivity index (χ1n) is 2.00. The molecule has 1 amide bonds. The number of carbonyl (C=O) groups is 1. The summed E-state index contributed by atoms with van der Waals surface area (Å²) in [6.45, 7) is 4.84. The van der Waals surface area contributed by atoms with Gasteiger partial charge in [0, 0.05) is 5.57 Å². The van der Waals surface area contributed by atoms with E-state index in [1.165, 1.54) is 6.92 Å². The maximum absolute atomic E-state index is 10.3. The van der Waals surface area contributed by atoms with E-state index in [-0.39, 0.29) is 0 Å². The van der Waals surface area contributed by atoms with Crippen molar-refractivity contribution >= 4 is 11.9 Å². The van der Waals surface area contributed by atoms with Gasteiger partial charge in [0.05, 0.1) is 6.01 Å². The Morgan fingerprint density at radius 1 is 1.88 bits per heavy atom. The average Bonchev–Trinajstić information content (AvgIpc) is 1.67. The molecular formula is C5H6N2O. The summed E-state index contributed by atoms with van der Waals surface area (Å²) in [5.41, 5.74) is 0.324. The predicted octanol–water partition coefficient (Wildman–Crippen LogP) is 0.842. The maximum Gasteiger partial charge on any atom is 0.281 e. The van der Waals surface area contributed by atoms with Gasteiger partial charge in [0.15, 0.2) is 0 Å². The van der Waals surface area contributed by atoms with Crippen LogP contribution in [0.15, 0.2) is 17.1 Å². The Morgan fingerprint density at radius 2 is 2.38 bits per heavy atom. The van der Waals surface area contributed by atoms with Crippen molar-refractivity contribution in [3.05, 3.63) is 12.2 Å².